The summed E-state index contributed by atoms with van der Waals surface area (Å²) < 4.78 is 50.3. The summed E-state index contributed by atoms with van der Waals surface area (Å²) >= 11 is 5.97. The fourth-order valence-corrected chi connectivity index (χ4v) is 3.81. The predicted molar refractivity (Wildman–Crippen MR) is 99.5 cm³/mol. The highest BCUT2D eigenvalue weighted by atomic mass is 35.5. The van der Waals surface area contributed by atoms with Crippen molar-refractivity contribution >= 4 is 43.9 Å². The number of alkyl halides is 2. The molecule has 3 aromatic rings. The van der Waals surface area contributed by atoms with E-state index >= 15 is 0 Å². The molecule has 1 aromatic heterocycles. The fraction of sp³-hybridized carbons (Fsp3) is 0.176. The molecule has 3 rings (SSSR count). The van der Waals surface area contributed by atoms with Crippen LogP contribution in [0.1, 0.15) is 12.1 Å². The molecule has 0 saturated heterocycles. The standard InChI is InChI=1S/C17H14ClF2N3O4S/c1-28(26,27)15-6-9(5-13-11(15)8-23(22-13)17(19)20)21-16(25)7-10-12(18)3-2-4-14(10)24/h2-6,8,17,24H,7H2,1H3,(H,21,25). The number of anilines is 1. The van der Waals surface area contributed by atoms with E-state index < -0.39 is 22.3 Å². The lowest BCUT2D eigenvalue weighted by atomic mass is 10.1. The molecule has 2 aromatic carbocycles. The second kappa shape index (κ2) is 7.36. The Balaban J connectivity index is 1.98. The van der Waals surface area contributed by atoms with Crippen LogP contribution in [0.25, 0.3) is 10.9 Å². The van der Waals surface area contributed by atoms with Crippen LogP contribution in [0.3, 0.4) is 0 Å². The third-order valence-electron chi connectivity index (χ3n) is 3.92. The van der Waals surface area contributed by atoms with Gasteiger partial charge in [0, 0.05) is 34.1 Å². The normalized spacial score (nSPS) is 11.9. The van der Waals surface area contributed by atoms with Crippen molar-refractivity contribution in [1.29, 1.82) is 0 Å². The van der Waals surface area contributed by atoms with Crippen molar-refractivity contribution in [3.05, 3.63) is 47.1 Å². The maximum Gasteiger partial charge on any atom is 0.333 e. The molecule has 2 N–H and O–H groups in total. The van der Waals surface area contributed by atoms with Gasteiger partial charge in [-0.3, -0.25) is 4.79 Å². The van der Waals surface area contributed by atoms with Gasteiger partial charge in [0.05, 0.1) is 16.8 Å². The van der Waals surface area contributed by atoms with Crippen LogP contribution in [0.2, 0.25) is 5.02 Å². The molecule has 0 saturated carbocycles. The Morgan fingerprint density at radius 1 is 1.36 bits per heavy atom. The molecule has 0 unspecified atom stereocenters. The monoisotopic (exact) mass is 429 g/mol. The van der Waals surface area contributed by atoms with Crippen LogP contribution in [0.4, 0.5) is 14.5 Å². The van der Waals surface area contributed by atoms with Gasteiger partial charge in [-0.25, -0.2) is 13.1 Å². The molecule has 0 aliphatic heterocycles. The molecule has 0 spiro atoms. The summed E-state index contributed by atoms with van der Waals surface area (Å²) in [7, 11) is -3.78. The molecule has 11 heteroatoms. The summed E-state index contributed by atoms with van der Waals surface area (Å²) in [6.07, 6.45) is 1.59. The van der Waals surface area contributed by atoms with Crippen LogP contribution in [0, 0.1) is 0 Å². The number of aromatic hydroxyl groups is 1. The molecule has 28 heavy (non-hydrogen) atoms. The number of nitrogens with one attached hydrogen (secondary N) is 1. The molecule has 0 bridgehead atoms. The highest BCUT2D eigenvalue weighted by Crippen LogP contribution is 2.29. The molecule has 1 amide bonds. The lowest BCUT2D eigenvalue weighted by molar-refractivity contribution is -0.115. The third-order valence-corrected chi connectivity index (χ3v) is 5.41. The zero-order valence-corrected chi connectivity index (χ0v) is 15.9. The summed E-state index contributed by atoms with van der Waals surface area (Å²) in [6.45, 7) is -2.94. The van der Waals surface area contributed by atoms with Gasteiger partial charge in [0.15, 0.2) is 9.84 Å². The number of halogens is 3. The first-order valence-electron chi connectivity index (χ1n) is 7.83. The maximum atomic E-state index is 12.9. The average Bonchev–Trinajstić information content (AvgIpc) is 3.01. The number of fused-ring (bicyclic) bond motifs is 1. The number of rotatable bonds is 5. The van der Waals surface area contributed by atoms with Crippen molar-refractivity contribution in [3.63, 3.8) is 0 Å². The summed E-state index contributed by atoms with van der Waals surface area (Å²) in [5, 5.41) is 16.2. The first-order valence-corrected chi connectivity index (χ1v) is 10.1. The Hall–Kier alpha value is -2.72. The quantitative estimate of drug-likeness (QED) is 0.647. The van der Waals surface area contributed by atoms with E-state index in [1.807, 2.05) is 0 Å². The average molecular weight is 430 g/mol. The minimum Gasteiger partial charge on any atom is -0.508 e. The van der Waals surface area contributed by atoms with Crippen LogP contribution >= 0.6 is 11.6 Å². The zero-order valence-electron chi connectivity index (χ0n) is 14.4. The molecule has 148 valence electrons. The van der Waals surface area contributed by atoms with Gasteiger partial charge < -0.3 is 10.4 Å². The van der Waals surface area contributed by atoms with Gasteiger partial charge >= 0.3 is 6.55 Å². The van der Waals surface area contributed by atoms with E-state index in [0.717, 1.165) is 12.5 Å². The predicted octanol–water partition coefficient (Wildman–Crippen LogP) is 3.38. The molecule has 1 heterocycles. The number of phenols is 1. The van der Waals surface area contributed by atoms with Crippen LogP contribution in [0.5, 0.6) is 5.75 Å². The number of hydrogen-bond donors (Lipinski definition) is 2. The second-order valence-corrected chi connectivity index (χ2v) is 8.42. The Labute approximate surface area is 163 Å². The SMILES string of the molecule is CS(=O)(=O)c1cc(NC(=O)Cc2c(O)cccc2Cl)cc2nn(C(F)F)cc12. The number of hydrogen-bond acceptors (Lipinski definition) is 5. The number of sulfone groups is 1. The lowest BCUT2D eigenvalue weighted by Gasteiger charge is -2.10. The highest BCUT2D eigenvalue weighted by molar-refractivity contribution is 7.91. The van der Waals surface area contributed by atoms with Crippen LogP contribution in [-0.4, -0.2) is 35.5 Å². The Morgan fingerprint density at radius 2 is 2.07 bits per heavy atom. The number of phenolic OH excluding ortho intramolecular Hbond substituents is 1. The van der Waals surface area contributed by atoms with Crippen molar-refractivity contribution in [3.8, 4) is 5.75 Å². The second-order valence-electron chi connectivity index (χ2n) is 6.03. The number of carbonyl (C=O) groups is 1. The first kappa shape index (κ1) is 20.0. The minimum atomic E-state index is -3.78. The van der Waals surface area contributed by atoms with E-state index in [4.69, 9.17) is 11.6 Å². The molecule has 0 radical (unpaired) electrons. The third kappa shape index (κ3) is 4.07. The van der Waals surface area contributed by atoms with E-state index in [1.54, 1.807) is 0 Å². The lowest BCUT2D eigenvalue weighted by Crippen LogP contribution is -2.15. The van der Waals surface area contributed by atoms with Crippen molar-refractivity contribution in [2.75, 3.05) is 11.6 Å². The summed E-state index contributed by atoms with van der Waals surface area (Å²) in [6, 6.07) is 6.85. The number of amides is 1. The van der Waals surface area contributed by atoms with Crippen molar-refractivity contribution in [1.82, 2.24) is 9.78 Å². The zero-order chi connectivity index (χ0) is 20.6. The van der Waals surface area contributed by atoms with E-state index in [2.05, 4.69) is 10.4 Å². The summed E-state index contributed by atoms with van der Waals surface area (Å²) in [5.74, 6) is -0.749. The van der Waals surface area contributed by atoms with Gasteiger partial charge in [-0.15, -0.1) is 0 Å². The van der Waals surface area contributed by atoms with Gasteiger partial charge in [0.2, 0.25) is 5.91 Å². The fourth-order valence-electron chi connectivity index (χ4n) is 2.68. The number of aromatic nitrogens is 2. The maximum absolute atomic E-state index is 12.9. The molecule has 0 aliphatic rings. The van der Waals surface area contributed by atoms with E-state index in [1.165, 1.54) is 30.3 Å². The highest BCUT2D eigenvalue weighted by Gasteiger charge is 2.20. The van der Waals surface area contributed by atoms with Crippen molar-refractivity contribution < 1.29 is 27.1 Å². The van der Waals surface area contributed by atoms with Crippen LogP contribution in [-0.2, 0) is 21.1 Å². The largest absolute Gasteiger partial charge is 0.508 e. The number of benzene rings is 2. The Morgan fingerprint density at radius 3 is 2.68 bits per heavy atom. The Kier molecular flexibility index (Phi) is 5.26. The number of nitrogens with zero attached hydrogens (tertiary/aromatic N) is 2. The van der Waals surface area contributed by atoms with Crippen molar-refractivity contribution in [2.24, 2.45) is 0 Å². The van der Waals surface area contributed by atoms with E-state index in [-0.39, 0.29) is 44.2 Å². The van der Waals surface area contributed by atoms with Gasteiger partial charge in [-0.1, -0.05) is 17.7 Å². The molecule has 0 aliphatic carbocycles. The van der Waals surface area contributed by atoms with E-state index in [0.29, 0.717) is 4.68 Å². The van der Waals surface area contributed by atoms with Gasteiger partial charge in [-0.05, 0) is 24.3 Å². The summed E-state index contributed by atoms with van der Waals surface area (Å²) in [5.41, 5.74) is 0.246. The van der Waals surface area contributed by atoms with Crippen LogP contribution in [0.15, 0.2) is 41.4 Å². The van der Waals surface area contributed by atoms with E-state index in [9.17, 15) is 27.1 Å². The number of carbonyl (C=O) groups excluding carboxylic acids is 1. The molecule has 0 fully saturated rings. The molecule has 0 atom stereocenters. The van der Waals surface area contributed by atoms with Crippen LogP contribution < -0.4 is 5.32 Å². The first-order chi connectivity index (χ1) is 13.1. The van der Waals surface area contributed by atoms with Gasteiger partial charge in [-0.2, -0.15) is 13.9 Å². The minimum absolute atomic E-state index is 0.0147. The Bertz CT molecular complexity index is 1160. The molecular formula is C17H14ClF2N3O4S. The smallest absolute Gasteiger partial charge is 0.333 e. The summed E-state index contributed by atoms with van der Waals surface area (Å²) in [4.78, 5) is 12.1. The molecule has 7 nitrogen and oxygen atoms in total. The van der Waals surface area contributed by atoms with Crippen molar-refractivity contribution in [2.45, 2.75) is 17.9 Å². The van der Waals surface area contributed by atoms with Gasteiger partial charge in [0.1, 0.15) is 5.75 Å². The molecular weight excluding hydrogens is 416 g/mol. The van der Waals surface area contributed by atoms with Gasteiger partial charge in [0.25, 0.3) is 0 Å². The topological polar surface area (TPSA) is 101 Å².